The Hall–Kier alpha value is -8.13. The van der Waals surface area contributed by atoms with Crippen LogP contribution in [0.25, 0.3) is 55.4 Å². The molecule has 6 aromatic heterocycles. The van der Waals surface area contributed by atoms with E-state index in [-0.39, 0.29) is 29.0 Å². The van der Waals surface area contributed by atoms with Gasteiger partial charge in [0.25, 0.3) is 5.78 Å². The van der Waals surface area contributed by atoms with Crippen molar-refractivity contribution in [3.8, 4) is 22.3 Å². The number of fused-ring (bicyclic) bond motifs is 3. The van der Waals surface area contributed by atoms with Crippen molar-refractivity contribution in [3.05, 3.63) is 181 Å². The summed E-state index contributed by atoms with van der Waals surface area (Å²) in [5.41, 5.74) is 17.0. The number of ketones is 2. The van der Waals surface area contributed by atoms with Gasteiger partial charge in [-0.05, 0) is 117 Å². The molecule has 0 bridgehead atoms. The summed E-state index contributed by atoms with van der Waals surface area (Å²) < 4.78 is 41.0. The first-order chi connectivity index (χ1) is 31.6. The van der Waals surface area contributed by atoms with Gasteiger partial charge in [0.2, 0.25) is 0 Å². The Morgan fingerprint density at radius 3 is 1.53 bits per heavy atom. The molecule has 0 unspecified atom stereocenters. The van der Waals surface area contributed by atoms with E-state index in [2.05, 4.69) is 59.0 Å². The van der Waals surface area contributed by atoms with E-state index < -0.39 is 36.3 Å². The molecule has 0 aliphatic heterocycles. The average Bonchev–Trinajstić information content (AvgIpc) is 4.10. The number of pyridine rings is 3. The van der Waals surface area contributed by atoms with Gasteiger partial charge in [-0.3, -0.25) is 9.59 Å². The first-order valence-electron chi connectivity index (χ1n) is 19.3. The van der Waals surface area contributed by atoms with E-state index in [0.717, 1.165) is 72.0 Å². The first kappa shape index (κ1) is 48.9. The molecule has 19 heteroatoms. The summed E-state index contributed by atoms with van der Waals surface area (Å²) in [6.07, 6.45) is 12.7. The third kappa shape index (κ3) is 13.4. The summed E-state index contributed by atoms with van der Waals surface area (Å²) in [6, 6.07) is 25.0. The highest BCUT2D eigenvalue weighted by molar-refractivity contribution is 9.10. The maximum absolute atomic E-state index is 14.1. The number of hydrogen-bond donors (Lipinski definition) is 8. The molecule has 66 heavy (non-hydrogen) atoms. The number of benzene rings is 3. The van der Waals surface area contributed by atoms with Gasteiger partial charge in [-0.15, -0.1) is 0 Å². The fourth-order valence-corrected chi connectivity index (χ4v) is 6.09. The molecule has 3 aromatic carbocycles. The number of aliphatic carboxylic acids is 1. The molecular weight excluding hydrogens is 920 g/mol. The van der Waals surface area contributed by atoms with Crippen molar-refractivity contribution >= 4 is 90.5 Å². The summed E-state index contributed by atoms with van der Waals surface area (Å²) >= 11 is 3.34. The van der Waals surface area contributed by atoms with Crippen molar-refractivity contribution in [1.29, 1.82) is 0 Å². The third-order valence-corrected chi connectivity index (χ3v) is 9.63. The van der Waals surface area contributed by atoms with Crippen LogP contribution in [0.1, 0.15) is 5.56 Å². The number of aromatic amines is 3. The normalized spacial score (nSPS) is 10.2. The van der Waals surface area contributed by atoms with Crippen LogP contribution in [0.2, 0.25) is 0 Å². The number of allylic oxidation sites excluding steroid dienone is 1. The van der Waals surface area contributed by atoms with Gasteiger partial charge in [-0.2, -0.15) is 0 Å². The Morgan fingerprint density at radius 2 is 1.09 bits per heavy atom. The molecule has 0 spiro atoms. The van der Waals surface area contributed by atoms with Crippen molar-refractivity contribution in [1.82, 2.24) is 29.9 Å². The highest BCUT2D eigenvalue weighted by Crippen LogP contribution is 2.26. The molecule has 0 aliphatic rings. The highest BCUT2D eigenvalue weighted by atomic mass is 79.9. The molecule has 9 aromatic rings. The van der Waals surface area contributed by atoms with Gasteiger partial charge in [0.1, 0.15) is 34.4 Å². The SMILES string of the molecule is Brc1cnc2[nH]ccc2c1.C=CC(=O)C(=O)O.C=CC(=O)Cc1ccc(-c2cnc3[nH]ccc3c2)cc1F.Nc1ccc(-c2cnc3[nH]ccc3c2)cc1F.Nc1ccc(B(O)O)cc1F. The molecule has 334 valence electrons. The van der Waals surface area contributed by atoms with Crippen molar-refractivity contribution in [2.24, 2.45) is 0 Å². The van der Waals surface area contributed by atoms with E-state index in [1.807, 2.05) is 55.0 Å². The lowest BCUT2D eigenvalue weighted by atomic mass is 9.80. The maximum Gasteiger partial charge on any atom is 0.488 e. The largest absolute Gasteiger partial charge is 0.488 e. The Labute approximate surface area is 382 Å². The zero-order valence-corrected chi connectivity index (χ0v) is 36.1. The van der Waals surface area contributed by atoms with Crippen LogP contribution in [0.4, 0.5) is 24.5 Å². The van der Waals surface area contributed by atoms with Crippen LogP contribution >= 0.6 is 15.9 Å². The van der Waals surface area contributed by atoms with E-state index in [1.54, 1.807) is 42.9 Å². The Bertz CT molecular complexity index is 3170. The number of anilines is 2. The minimum Gasteiger partial charge on any atom is -0.475 e. The summed E-state index contributed by atoms with van der Waals surface area (Å²) in [7, 11) is -1.65. The second-order valence-electron chi connectivity index (χ2n) is 13.8. The molecule has 0 radical (unpaired) electrons. The smallest absolute Gasteiger partial charge is 0.475 e. The second-order valence-corrected chi connectivity index (χ2v) is 14.7. The number of aromatic nitrogens is 6. The second kappa shape index (κ2) is 23.0. The summed E-state index contributed by atoms with van der Waals surface area (Å²) in [5, 5.41) is 28.0. The number of nitrogens with zero attached hydrogens (tertiary/aromatic N) is 3. The van der Waals surface area contributed by atoms with Crippen LogP contribution in [-0.4, -0.2) is 69.7 Å². The van der Waals surface area contributed by atoms with Crippen LogP contribution in [0.15, 0.2) is 158 Å². The molecule has 6 heterocycles. The topological polar surface area (TPSA) is 250 Å². The van der Waals surface area contributed by atoms with E-state index >= 15 is 0 Å². The fraction of sp³-hybridized carbons (Fsp3) is 0.0213. The minimum atomic E-state index is -1.65. The third-order valence-electron chi connectivity index (χ3n) is 9.20. The van der Waals surface area contributed by atoms with Crippen LogP contribution in [-0.2, 0) is 20.8 Å². The molecular formula is C47H39BBrF3N8O6. The molecule has 14 nitrogen and oxygen atoms in total. The van der Waals surface area contributed by atoms with E-state index in [0.29, 0.717) is 5.56 Å². The Kier molecular flexibility index (Phi) is 17.0. The highest BCUT2D eigenvalue weighted by Gasteiger charge is 2.12. The monoisotopic (exact) mass is 958 g/mol. The van der Waals surface area contributed by atoms with Gasteiger partial charge in [0.05, 0.1) is 11.4 Å². The fourth-order valence-electron chi connectivity index (χ4n) is 5.74. The molecule has 0 aliphatic carbocycles. The number of carbonyl (C=O) groups excluding carboxylic acids is 2. The molecule has 0 saturated heterocycles. The van der Waals surface area contributed by atoms with E-state index in [1.165, 1.54) is 30.3 Å². The first-order valence-corrected chi connectivity index (χ1v) is 20.1. The quantitative estimate of drug-likeness (QED) is 0.0315. The van der Waals surface area contributed by atoms with Crippen LogP contribution < -0.4 is 16.9 Å². The van der Waals surface area contributed by atoms with Gasteiger partial charge in [0.15, 0.2) is 5.78 Å². The number of carbonyl (C=O) groups is 3. The number of nitrogens with two attached hydrogens (primary N) is 2. The summed E-state index contributed by atoms with van der Waals surface area (Å²) in [6.45, 7) is 6.34. The number of H-pyrrole nitrogens is 3. The van der Waals surface area contributed by atoms with Crippen LogP contribution in [0, 0.1) is 17.5 Å². The summed E-state index contributed by atoms with van der Waals surface area (Å²) in [5.74, 6) is -4.07. The predicted octanol–water partition coefficient (Wildman–Crippen LogP) is 7.86. The molecule has 0 amide bonds. The number of nitrogens with one attached hydrogen (secondary N) is 3. The molecule has 0 fully saturated rings. The van der Waals surface area contributed by atoms with Gasteiger partial charge in [0, 0.05) is 75.4 Å². The zero-order chi connectivity index (χ0) is 47.9. The molecule has 0 atom stereocenters. The molecule has 0 saturated carbocycles. The van der Waals surface area contributed by atoms with Gasteiger partial charge < -0.3 is 41.6 Å². The average molecular weight is 960 g/mol. The standard InChI is InChI=1S/C17H13FN2O.C13H10FN3.C7H5BrN2.C6H7BFNO2.C4H4O3/c1-2-15(21)8-12-4-3-11(9-16(12)18)14-7-13-5-6-19-17(13)20-10-14;14-11-6-8(1-2-12(11)15)10-5-9-3-4-16-13(9)17-7-10;8-6-3-5-1-2-9-7(5)10-4-6;8-5-3-4(7(10)11)1-2-6(5)9;1-2-3(5)4(6)7/h2-7,9-10H,1,8H2,(H,19,20);1-7H,15H2,(H,16,17);1-4H,(H,9,10);1-3,10-11H,9H2;2H,1H2,(H,6,7). The van der Waals surface area contributed by atoms with Crippen LogP contribution in [0.3, 0.4) is 0 Å². The zero-order valence-electron chi connectivity index (χ0n) is 34.6. The number of carboxylic acid groups (broad SMARTS) is 1. The van der Waals surface area contributed by atoms with Gasteiger partial charge in [-0.25, -0.2) is 32.9 Å². The van der Waals surface area contributed by atoms with Crippen molar-refractivity contribution in [2.75, 3.05) is 11.5 Å². The van der Waals surface area contributed by atoms with Crippen molar-refractivity contribution in [3.63, 3.8) is 0 Å². The minimum absolute atomic E-state index is 0.00519. The number of hydrogen-bond acceptors (Lipinski definition) is 10. The van der Waals surface area contributed by atoms with Crippen molar-refractivity contribution < 1.29 is 42.7 Å². The Balaban J connectivity index is 0.000000163. The van der Waals surface area contributed by atoms with Crippen molar-refractivity contribution in [2.45, 2.75) is 6.42 Å². The summed E-state index contributed by atoms with van der Waals surface area (Å²) in [4.78, 5) is 52.3. The lowest BCUT2D eigenvalue weighted by Crippen LogP contribution is -2.30. The number of carboxylic acids is 1. The number of rotatable bonds is 8. The van der Waals surface area contributed by atoms with Crippen LogP contribution in [0.5, 0.6) is 0 Å². The van der Waals surface area contributed by atoms with Gasteiger partial charge >= 0.3 is 13.1 Å². The van der Waals surface area contributed by atoms with Gasteiger partial charge in [-0.1, -0.05) is 37.4 Å². The Morgan fingerprint density at radius 1 is 0.621 bits per heavy atom. The molecule has 9 rings (SSSR count). The molecule has 10 N–H and O–H groups in total. The lowest BCUT2D eigenvalue weighted by Gasteiger charge is -2.05. The van der Waals surface area contributed by atoms with E-state index in [4.69, 9.17) is 26.6 Å². The lowest BCUT2D eigenvalue weighted by molar-refractivity contribution is -0.146. The number of halogens is 4. The predicted molar refractivity (Wildman–Crippen MR) is 254 cm³/mol. The maximum atomic E-state index is 14.1. The number of nitrogen functional groups attached to an aromatic ring is 2. The van der Waals surface area contributed by atoms with E-state index in [9.17, 15) is 27.6 Å².